The molecule has 0 bridgehead atoms. The first-order valence-electron chi connectivity index (χ1n) is 14.3. The van der Waals surface area contributed by atoms with Gasteiger partial charge >= 0.3 is 0 Å². The van der Waals surface area contributed by atoms with Crippen LogP contribution < -0.4 is 10.6 Å². The van der Waals surface area contributed by atoms with Crippen LogP contribution in [0.25, 0.3) is 0 Å². The van der Waals surface area contributed by atoms with Crippen molar-refractivity contribution in [1.29, 1.82) is 0 Å². The van der Waals surface area contributed by atoms with Crippen LogP contribution in [-0.4, -0.2) is 73.5 Å². The Morgan fingerprint density at radius 3 is 2.56 bits per heavy atom. The molecule has 1 saturated heterocycles. The topological polar surface area (TPSA) is 64.7 Å². The zero-order chi connectivity index (χ0) is 28.2. The Morgan fingerprint density at radius 1 is 1.10 bits per heavy atom. The number of nitrogens with one attached hydrogen (secondary N) is 2. The van der Waals surface area contributed by atoms with Gasteiger partial charge in [0.1, 0.15) is 0 Å². The first-order chi connectivity index (χ1) is 18.8. The summed E-state index contributed by atoms with van der Waals surface area (Å²) in [5, 5.41) is 7.39. The molecule has 0 unspecified atom stereocenters. The summed E-state index contributed by atoms with van der Waals surface area (Å²) in [6.45, 7) is 8.06. The quantitative estimate of drug-likeness (QED) is 0.272. The van der Waals surface area contributed by atoms with Crippen molar-refractivity contribution in [2.45, 2.75) is 70.4 Å². The molecule has 3 rings (SSSR count). The van der Waals surface area contributed by atoms with Crippen LogP contribution in [-0.2, 0) is 4.79 Å². The summed E-state index contributed by atoms with van der Waals surface area (Å²) in [6, 6.07) is 15.0. The first kappa shape index (κ1) is 31.4. The average Bonchev–Trinajstić information content (AvgIpc) is 3.09. The smallest absolute Gasteiger partial charge is 0.251 e. The van der Waals surface area contributed by atoms with E-state index in [1.54, 1.807) is 18.2 Å². The summed E-state index contributed by atoms with van der Waals surface area (Å²) in [7, 11) is 2.13. The second-order valence-corrected chi connectivity index (χ2v) is 11.5. The molecule has 2 amide bonds. The fourth-order valence-corrected chi connectivity index (χ4v) is 5.44. The van der Waals surface area contributed by atoms with E-state index in [0.29, 0.717) is 41.2 Å². The van der Waals surface area contributed by atoms with Gasteiger partial charge in [0.2, 0.25) is 5.91 Å². The van der Waals surface area contributed by atoms with E-state index in [1.807, 2.05) is 11.0 Å². The van der Waals surface area contributed by atoms with Crippen LogP contribution in [0.5, 0.6) is 0 Å². The maximum atomic E-state index is 13.8. The molecule has 1 fully saturated rings. The molecule has 1 aliphatic rings. The summed E-state index contributed by atoms with van der Waals surface area (Å²) in [5.74, 6) is 0.244. The summed E-state index contributed by atoms with van der Waals surface area (Å²) in [6.07, 6.45) is 6.05. The monoisotopic (exact) mass is 574 g/mol. The third kappa shape index (κ3) is 9.78. The predicted molar refractivity (Wildman–Crippen MR) is 162 cm³/mol. The van der Waals surface area contributed by atoms with Gasteiger partial charge in [-0.3, -0.25) is 9.59 Å². The SMILES string of the molecule is CCCCCN(C)CC[C@@H]1N[C@H](CNC(=O)c2ccc(Cl)c(Cl)c2)CCN(C[C@@H](CC)c2ccccc2)C1=O. The number of nitrogens with zero attached hydrogens (tertiary/aromatic N) is 2. The van der Waals surface area contributed by atoms with Crippen molar-refractivity contribution in [2.24, 2.45) is 0 Å². The van der Waals surface area contributed by atoms with Crippen molar-refractivity contribution >= 4 is 35.0 Å². The number of hydrogen-bond acceptors (Lipinski definition) is 4. The molecule has 2 aromatic rings. The van der Waals surface area contributed by atoms with Gasteiger partial charge < -0.3 is 20.4 Å². The molecule has 3 atom stereocenters. The van der Waals surface area contributed by atoms with Gasteiger partial charge in [-0.1, -0.05) is 80.2 Å². The molecule has 214 valence electrons. The molecule has 1 aliphatic heterocycles. The fraction of sp³-hybridized carbons (Fsp3) is 0.548. The largest absolute Gasteiger partial charge is 0.350 e. The summed E-state index contributed by atoms with van der Waals surface area (Å²) in [4.78, 5) is 31.0. The normalized spacial score (nSPS) is 18.7. The molecule has 0 aromatic heterocycles. The van der Waals surface area contributed by atoms with Gasteiger partial charge in [-0.15, -0.1) is 0 Å². The Labute approximate surface area is 244 Å². The van der Waals surface area contributed by atoms with Crippen LogP contribution >= 0.6 is 23.2 Å². The second kappa shape index (κ2) is 16.2. The van der Waals surface area contributed by atoms with E-state index < -0.39 is 0 Å². The maximum absolute atomic E-state index is 13.8. The highest BCUT2D eigenvalue weighted by atomic mass is 35.5. The number of hydrogen-bond donors (Lipinski definition) is 2. The number of carbonyl (C=O) groups excluding carboxylic acids is 2. The van der Waals surface area contributed by atoms with Crippen LogP contribution in [0.1, 0.15) is 74.2 Å². The lowest BCUT2D eigenvalue weighted by Gasteiger charge is -2.29. The second-order valence-electron chi connectivity index (χ2n) is 10.6. The number of rotatable bonds is 14. The van der Waals surface area contributed by atoms with E-state index >= 15 is 0 Å². The Morgan fingerprint density at radius 2 is 1.87 bits per heavy atom. The number of halogens is 2. The molecule has 2 N–H and O–H groups in total. The van der Waals surface area contributed by atoms with Gasteiger partial charge in [0.05, 0.1) is 16.1 Å². The number of benzene rings is 2. The molecular formula is C31H44Cl2N4O2. The van der Waals surface area contributed by atoms with Crippen LogP contribution in [0.3, 0.4) is 0 Å². The number of amides is 2. The number of carbonyl (C=O) groups is 2. The van der Waals surface area contributed by atoms with E-state index in [0.717, 1.165) is 32.4 Å². The molecule has 6 nitrogen and oxygen atoms in total. The summed E-state index contributed by atoms with van der Waals surface area (Å²) in [5.41, 5.74) is 1.73. The molecule has 0 radical (unpaired) electrons. The van der Waals surface area contributed by atoms with Crippen molar-refractivity contribution in [2.75, 3.05) is 39.8 Å². The van der Waals surface area contributed by atoms with Crippen molar-refractivity contribution in [3.8, 4) is 0 Å². The minimum atomic E-state index is -0.290. The standard InChI is InChI=1S/C31H44Cl2N4O2/c1-4-6-10-17-36(3)18-16-29-31(39)37(22-23(5-2)24-11-8-7-9-12-24)19-15-26(35-29)21-34-30(38)25-13-14-27(32)28(33)20-25/h7-9,11-14,20,23,26,29,35H,4-6,10,15-19,21-22H2,1-3H3,(H,34,38)/t23-,26+,29+/m1/s1. The predicted octanol–water partition coefficient (Wildman–Crippen LogP) is 5.99. The van der Waals surface area contributed by atoms with Crippen molar-refractivity contribution in [1.82, 2.24) is 20.4 Å². The van der Waals surface area contributed by atoms with Gasteiger partial charge in [-0.2, -0.15) is 0 Å². The zero-order valence-electron chi connectivity index (χ0n) is 23.6. The van der Waals surface area contributed by atoms with Crippen molar-refractivity contribution < 1.29 is 9.59 Å². The van der Waals surface area contributed by atoms with Crippen LogP contribution in [0.4, 0.5) is 0 Å². The molecular weight excluding hydrogens is 531 g/mol. The van der Waals surface area contributed by atoms with Crippen LogP contribution in [0.2, 0.25) is 10.0 Å². The Bertz CT molecular complexity index is 1050. The lowest BCUT2D eigenvalue weighted by Crippen LogP contribution is -2.50. The average molecular weight is 576 g/mol. The lowest BCUT2D eigenvalue weighted by molar-refractivity contribution is -0.133. The van der Waals surface area contributed by atoms with Crippen molar-refractivity contribution in [3.63, 3.8) is 0 Å². The van der Waals surface area contributed by atoms with E-state index in [9.17, 15) is 9.59 Å². The van der Waals surface area contributed by atoms with Gasteiger partial charge in [0.15, 0.2) is 0 Å². The minimum absolute atomic E-state index is 0.0159. The summed E-state index contributed by atoms with van der Waals surface area (Å²) < 4.78 is 0. The molecule has 0 spiro atoms. The fourth-order valence-electron chi connectivity index (χ4n) is 5.14. The third-order valence-corrected chi connectivity index (χ3v) is 8.37. The highest BCUT2D eigenvalue weighted by Gasteiger charge is 2.32. The molecule has 2 aromatic carbocycles. The van der Waals surface area contributed by atoms with Crippen LogP contribution in [0, 0.1) is 0 Å². The minimum Gasteiger partial charge on any atom is -0.350 e. The van der Waals surface area contributed by atoms with Crippen LogP contribution in [0.15, 0.2) is 48.5 Å². The molecule has 1 heterocycles. The maximum Gasteiger partial charge on any atom is 0.251 e. The Kier molecular flexibility index (Phi) is 13.1. The van der Waals surface area contributed by atoms with E-state index in [2.05, 4.69) is 60.7 Å². The van der Waals surface area contributed by atoms with E-state index in [1.165, 1.54) is 24.8 Å². The van der Waals surface area contributed by atoms with Crippen molar-refractivity contribution in [3.05, 3.63) is 69.7 Å². The van der Waals surface area contributed by atoms with Gasteiger partial charge in [0.25, 0.3) is 5.91 Å². The Balaban J connectivity index is 1.68. The summed E-state index contributed by atoms with van der Waals surface area (Å²) >= 11 is 12.1. The zero-order valence-corrected chi connectivity index (χ0v) is 25.1. The van der Waals surface area contributed by atoms with Gasteiger partial charge in [-0.05, 0) is 69.6 Å². The van der Waals surface area contributed by atoms with Gasteiger partial charge in [-0.25, -0.2) is 0 Å². The van der Waals surface area contributed by atoms with Gasteiger partial charge in [0, 0.05) is 37.2 Å². The molecule has 0 saturated carbocycles. The molecule has 8 heteroatoms. The highest BCUT2D eigenvalue weighted by molar-refractivity contribution is 6.42. The number of unbranched alkanes of at least 4 members (excludes halogenated alkanes) is 2. The third-order valence-electron chi connectivity index (χ3n) is 7.63. The van der Waals surface area contributed by atoms with E-state index in [4.69, 9.17) is 23.2 Å². The highest BCUT2D eigenvalue weighted by Crippen LogP contribution is 2.24. The van der Waals surface area contributed by atoms with E-state index in [-0.39, 0.29) is 23.9 Å². The lowest BCUT2D eigenvalue weighted by atomic mass is 9.95. The first-order valence-corrected chi connectivity index (χ1v) is 15.1. The molecule has 0 aliphatic carbocycles. The Hall–Kier alpha value is -2.12. The molecule has 39 heavy (non-hydrogen) atoms.